The van der Waals surface area contributed by atoms with Crippen molar-refractivity contribution in [3.63, 3.8) is 0 Å². The van der Waals surface area contributed by atoms with E-state index in [0.717, 1.165) is 25.0 Å². The highest BCUT2D eigenvalue weighted by molar-refractivity contribution is 7.15. The lowest BCUT2D eigenvalue weighted by molar-refractivity contribution is 0.102. The Morgan fingerprint density at radius 2 is 2.09 bits per heavy atom. The first kappa shape index (κ1) is 16.2. The highest BCUT2D eigenvalue weighted by Crippen LogP contribution is 2.40. The van der Waals surface area contributed by atoms with Crippen LogP contribution in [-0.4, -0.2) is 16.0 Å². The Kier molecular flexibility index (Phi) is 4.04. The van der Waals surface area contributed by atoms with E-state index >= 15 is 0 Å². The lowest BCUT2D eigenvalue weighted by Gasteiger charge is -2.33. The molecule has 124 valence electrons. The average Bonchev–Trinajstić information content (AvgIpc) is 2.99. The standard InChI is InChI=1S/C17H23N3O2S/c1-9-14(10(2)22-20-9)15(21)19-16-18-12-7-6-11(17(3,4)5)8-13(12)23-16/h11H,6-8H2,1-5H3,(H,18,19,21)/t11-/m0/s1. The van der Waals surface area contributed by atoms with Crippen LogP contribution in [0.15, 0.2) is 4.52 Å². The number of anilines is 1. The molecule has 0 unspecified atom stereocenters. The number of aryl methyl sites for hydroxylation is 3. The zero-order valence-electron chi connectivity index (χ0n) is 14.3. The van der Waals surface area contributed by atoms with E-state index in [4.69, 9.17) is 4.52 Å². The second-order valence-corrected chi connectivity index (χ2v) is 8.43. The number of carbonyl (C=O) groups is 1. The largest absolute Gasteiger partial charge is 0.361 e. The van der Waals surface area contributed by atoms with Gasteiger partial charge in [0.25, 0.3) is 5.91 Å². The number of hydrogen-bond acceptors (Lipinski definition) is 5. The molecule has 1 amide bonds. The van der Waals surface area contributed by atoms with E-state index in [1.54, 1.807) is 25.2 Å². The highest BCUT2D eigenvalue weighted by atomic mass is 32.1. The van der Waals surface area contributed by atoms with Crippen molar-refractivity contribution in [2.24, 2.45) is 11.3 Å². The van der Waals surface area contributed by atoms with Gasteiger partial charge in [0.15, 0.2) is 5.13 Å². The number of rotatable bonds is 2. The van der Waals surface area contributed by atoms with Crippen molar-refractivity contribution in [3.05, 3.63) is 27.6 Å². The SMILES string of the molecule is Cc1noc(C)c1C(=O)Nc1nc2c(s1)C[C@@H](C(C)(C)C)CC2. The van der Waals surface area contributed by atoms with Crippen molar-refractivity contribution >= 4 is 22.4 Å². The molecule has 23 heavy (non-hydrogen) atoms. The van der Waals surface area contributed by atoms with Crippen molar-refractivity contribution in [1.82, 2.24) is 10.1 Å². The fourth-order valence-corrected chi connectivity index (χ4v) is 4.22. The van der Waals surface area contributed by atoms with Crippen molar-refractivity contribution in [2.75, 3.05) is 5.32 Å². The summed E-state index contributed by atoms with van der Waals surface area (Å²) in [4.78, 5) is 18.3. The van der Waals surface area contributed by atoms with Gasteiger partial charge in [0.05, 0.1) is 11.4 Å². The fourth-order valence-electron chi connectivity index (χ4n) is 3.13. The maximum absolute atomic E-state index is 12.4. The molecule has 3 rings (SSSR count). The minimum absolute atomic E-state index is 0.195. The Hall–Kier alpha value is -1.69. The van der Waals surface area contributed by atoms with Crippen LogP contribution >= 0.6 is 11.3 Å². The second kappa shape index (κ2) is 5.74. The van der Waals surface area contributed by atoms with E-state index in [1.807, 2.05) is 0 Å². The van der Waals surface area contributed by atoms with Crippen LogP contribution in [0.3, 0.4) is 0 Å². The Balaban J connectivity index is 1.77. The van der Waals surface area contributed by atoms with E-state index in [2.05, 4.69) is 36.2 Å². The summed E-state index contributed by atoms with van der Waals surface area (Å²) < 4.78 is 5.06. The Bertz CT molecular complexity index is 720. The van der Waals surface area contributed by atoms with Gasteiger partial charge in [-0.2, -0.15) is 0 Å². The molecular weight excluding hydrogens is 310 g/mol. The number of amides is 1. The predicted octanol–water partition coefficient (Wildman–Crippen LogP) is 4.15. The van der Waals surface area contributed by atoms with Gasteiger partial charge in [-0.1, -0.05) is 25.9 Å². The summed E-state index contributed by atoms with van der Waals surface area (Å²) >= 11 is 1.60. The van der Waals surface area contributed by atoms with Crippen LogP contribution in [0.1, 0.15) is 59.6 Å². The quantitative estimate of drug-likeness (QED) is 0.896. The van der Waals surface area contributed by atoms with Gasteiger partial charge in [-0.25, -0.2) is 4.98 Å². The first-order valence-electron chi connectivity index (χ1n) is 7.98. The van der Waals surface area contributed by atoms with Crippen LogP contribution in [0.5, 0.6) is 0 Å². The van der Waals surface area contributed by atoms with E-state index in [1.165, 1.54) is 4.88 Å². The van der Waals surface area contributed by atoms with Crippen molar-refractivity contribution in [2.45, 2.75) is 53.9 Å². The van der Waals surface area contributed by atoms with Crippen molar-refractivity contribution in [1.29, 1.82) is 0 Å². The minimum atomic E-state index is -0.195. The molecule has 5 nitrogen and oxygen atoms in total. The molecule has 1 atom stereocenters. The summed E-state index contributed by atoms with van der Waals surface area (Å²) in [6.45, 7) is 10.4. The van der Waals surface area contributed by atoms with E-state index in [-0.39, 0.29) is 5.91 Å². The van der Waals surface area contributed by atoms with Crippen LogP contribution in [-0.2, 0) is 12.8 Å². The number of thiazole rings is 1. The first-order valence-corrected chi connectivity index (χ1v) is 8.80. The maximum Gasteiger partial charge on any atom is 0.262 e. The number of nitrogens with zero attached hydrogens (tertiary/aromatic N) is 2. The van der Waals surface area contributed by atoms with Crippen molar-refractivity contribution < 1.29 is 9.32 Å². The summed E-state index contributed by atoms with van der Waals surface area (Å²) in [5.74, 6) is 1.01. The van der Waals surface area contributed by atoms with Gasteiger partial charge in [0.2, 0.25) is 0 Å². The minimum Gasteiger partial charge on any atom is -0.361 e. The number of hydrogen-bond donors (Lipinski definition) is 1. The van der Waals surface area contributed by atoms with Crippen LogP contribution in [0.4, 0.5) is 5.13 Å². The number of fused-ring (bicyclic) bond motifs is 1. The van der Waals surface area contributed by atoms with Gasteiger partial charge < -0.3 is 4.52 Å². The molecule has 1 N–H and O–H groups in total. The molecule has 1 aliphatic carbocycles. The molecule has 0 saturated heterocycles. The van der Waals surface area contributed by atoms with Crippen molar-refractivity contribution in [3.8, 4) is 0 Å². The molecule has 2 heterocycles. The third-order valence-electron chi connectivity index (χ3n) is 4.65. The Morgan fingerprint density at radius 3 is 2.70 bits per heavy atom. The summed E-state index contributed by atoms with van der Waals surface area (Å²) in [6.07, 6.45) is 3.21. The molecule has 0 spiro atoms. The normalized spacial score (nSPS) is 17.9. The Morgan fingerprint density at radius 1 is 1.35 bits per heavy atom. The maximum atomic E-state index is 12.4. The molecule has 0 aliphatic heterocycles. The molecule has 1 aliphatic rings. The predicted molar refractivity (Wildman–Crippen MR) is 91.0 cm³/mol. The first-order chi connectivity index (χ1) is 10.8. The molecule has 0 bridgehead atoms. The molecule has 2 aromatic rings. The summed E-state index contributed by atoms with van der Waals surface area (Å²) in [5, 5.41) is 7.41. The molecule has 2 aromatic heterocycles. The fraction of sp³-hybridized carbons (Fsp3) is 0.588. The van der Waals surface area contributed by atoms with E-state index < -0.39 is 0 Å². The Labute approximate surface area is 140 Å². The molecule has 6 heteroatoms. The third-order valence-corrected chi connectivity index (χ3v) is 5.68. The lowest BCUT2D eigenvalue weighted by atomic mass is 9.73. The molecular formula is C17H23N3O2S. The number of nitrogens with one attached hydrogen (secondary N) is 1. The molecule has 0 saturated carbocycles. The smallest absolute Gasteiger partial charge is 0.262 e. The van der Waals surface area contributed by atoms with Crippen LogP contribution < -0.4 is 5.32 Å². The van der Waals surface area contributed by atoms with Gasteiger partial charge in [-0.3, -0.25) is 10.1 Å². The topological polar surface area (TPSA) is 68.0 Å². The number of carbonyl (C=O) groups excluding carboxylic acids is 1. The molecule has 0 radical (unpaired) electrons. The molecule has 0 aromatic carbocycles. The van der Waals surface area contributed by atoms with Crippen LogP contribution in [0, 0.1) is 25.2 Å². The zero-order valence-corrected chi connectivity index (χ0v) is 15.1. The third kappa shape index (κ3) is 3.17. The zero-order chi connectivity index (χ0) is 16.8. The number of aromatic nitrogens is 2. The van der Waals surface area contributed by atoms with E-state index in [9.17, 15) is 4.79 Å². The van der Waals surface area contributed by atoms with Gasteiger partial charge in [0.1, 0.15) is 11.3 Å². The van der Waals surface area contributed by atoms with Gasteiger partial charge in [-0.15, -0.1) is 11.3 Å². The second-order valence-electron chi connectivity index (χ2n) is 7.35. The molecule has 0 fully saturated rings. The monoisotopic (exact) mass is 333 g/mol. The summed E-state index contributed by atoms with van der Waals surface area (Å²) in [5.41, 5.74) is 2.56. The van der Waals surface area contributed by atoms with E-state index in [0.29, 0.717) is 33.5 Å². The van der Waals surface area contributed by atoms with Crippen LogP contribution in [0.25, 0.3) is 0 Å². The van der Waals surface area contributed by atoms with Gasteiger partial charge in [-0.05, 0) is 44.4 Å². The lowest BCUT2D eigenvalue weighted by Crippen LogP contribution is -2.26. The van der Waals surface area contributed by atoms with Crippen LogP contribution in [0.2, 0.25) is 0 Å². The highest BCUT2D eigenvalue weighted by Gasteiger charge is 2.31. The summed E-state index contributed by atoms with van der Waals surface area (Å²) in [6, 6.07) is 0. The van der Waals surface area contributed by atoms with Gasteiger partial charge in [0, 0.05) is 4.88 Å². The summed E-state index contributed by atoms with van der Waals surface area (Å²) in [7, 11) is 0. The average molecular weight is 333 g/mol. The van der Waals surface area contributed by atoms with Gasteiger partial charge >= 0.3 is 0 Å².